The van der Waals surface area contributed by atoms with Gasteiger partial charge in [0, 0.05) is 34.7 Å². The summed E-state index contributed by atoms with van der Waals surface area (Å²) in [6.45, 7) is 3.31. The van der Waals surface area contributed by atoms with E-state index in [0.717, 1.165) is 6.61 Å². The van der Waals surface area contributed by atoms with Crippen molar-refractivity contribution in [3.63, 3.8) is 0 Å². The number of hydrazine groups is 1. The fourth-order valence-electron chi connectivity index (χ4n) is 4.46. The Morgan fingerprint density at radius 1 is 1.19 bits per heavy atom. The van der Waals surface area contributed by atoms with Gasteiger partial charge in [0.05, 0.1) is 5.60 Å². The molecule has 3 aliphatic rings. The first-order valence-electron chi connectivity index (χ1n) is 8.57. The summed E-state index contributed by atoms with van der Waals surface area (Å²) >= 11 is 4.24. The Morgan fingerprint density at radius 2 is 1.95 bits per heavy atom. The minimum atomic E-state index is 0.186. The predicted molar refractivity (Wildman–Crippen MR) is 93.8 cm³/mol. The molecule has 4 unspecified atom stereocenters. The van der Waals surface area contributed by atoms with Gasteiger partial charge >= 0.3 is 0 Å². The van der Waals surface area contributed by atoms with Crippen LogP contribution in [0.15, 0.2) is 0 Å². The van der Waals surface area contributed by atoms with E-state index in [1.54, 1.807) is 0 Å². The Hall–Kier alpha value is 0.580. The monoisotopic (exact) mass is 330 g/mol. The third-order valence-electron chi connectivity index (χ3n) is 5.59. The standard InChI is InChI=1S/C16H30N2OS2/c1-12-15(21-10-9-20-12)14(18-17)13-5-8-19-16(11-13)6-3-2-4-7-16/h12-15,18H,2-11,17H2,1H3. The predicted octanol–water partition coefficient (Wildman–Crippen LogP) is 3.18. The van der Waals surface area contributed by atoms with Crippen LogP contribution in [0.4, 0.5) is 0 Å². The fraction of sp³-hybridized carbons (Fsp3) is 1.00. The highest BCUT2D eigenvalue weighted by molar-refractivity contribution is 8.07. The molecule has 1 aliphatic carbocycles. The van der Waals surface area contributed by atoms with E-state index in [1.165, 1.54) is 56.5 Å². The third-order valence-corrected chi connectivity index (χ3v) is 8.80. The second-order valence-corrected chi connectivity index (χ2v) is 9.72. The van der Waals surface area contributed by atoms with Crippen molar-refractivity contribution in [1.29, 1.82) is 0 Å². The van der Waals surface area contributed by atoms with Crippen LogP contribution < -0.4 is 11.3 Å². The number of hydrogen-bond donors (Lipinski definition) is 2. The van der Waals surface area contributed by atoms with Crippen molar-refractivity contribution < 1.29 is 4.74 Å². The van der Waals surface area contributed by atoms with Crippen molar-refractivity contribution >= 4 is 23.5 Å². The number of thioether (sulfide) groups is 2. The van der Waals surface area contributed by atoms with Crippen molar-refractivity contribution in [2.75, 3.05) is 18.1 Å². The Bertz CT molecular complexity index is 331. The normalized spacial score (nSPS) is 38.3. The molecule has 3 rings (SSSR count). The maximum atomic E-state index is 6.26. The van der Waals surface area contributed by atoms with E-state index in [1.807, 2.05) is 0 Å². The molecule has 122 valence electrons. The third kappa shape index (κ3) is 3.74. The summed E-state index contributed by atoms with van der Waals surface area (Å²) in [6, 6.07) is 0.445. The van der Waals surface area contributed by atoms with E-state index in [-0.39, 0.29) is 5.60 Å². The van der Waals surface area contributed by atoms with Crippen molar-refractivity contribution in [3.05, 3.63) is 0 Å². The van der Waals surface area contributed by atoms with Gasteiger partial charge in [-0.15, -0.1) is 0 Å². The van der Waals surface area contributed by atoms with Gasteiger partial charge in [-0.2, -0.15) is 23.5 Å². The van der Waals surface area contributed by atoms with Crippen LogP contribution >= 0.6 is 23.5 Å². The second-order valence-electron chi connectivity index (χ2n) is 6.95. The molecular formula is C16H30N2OS2. The topological polar surface area (TPSA) is 47.3 Å². The lowest BCUT2D eigenvalue weighted by atomic mass is 9.73. The zero-order valence-electron chi connectivity index (χ0n) is 13.2. The first kappa shape index (κ1) is 16.4. The smallest absolute Gasteiger partial charge is 0.0685 e. The Kier molecular flexibility index (Phi) is 5.82. The summed E-state index contributed by atoms with van der Waals surface area (Å²) in [4.78, 5) is 0. The highest BCUT2D eigenvalue weighted by atomic mass is 32.2. The molecule has 5 heteroatoms. The molecule has 1 saturated carbocycles. The largest absolute Gasteiger partial charge is 0.375 e. The first-order valence-corrected chi connectivity index (χ1v) is 10.7. The zero-order chi connectivity index (χ0) is 14.7. The molecule has 2 aliphatic heterocycles. The molecular weight excluding hydrogens is 300 g/mol. The lowest BCUT2D eigenvalue weighted by molar-refractivity contribution is -0.121. The molecule has 3 fully saturated rings. The maximum absolute atomic E-state index is 6.26. The van der Waals surface area contributed by atoms with Crippen LogP contribution in [0, 0.1) is 5.92 Å². The van der Waals surface area contributed by atoms with Gasteiger partial charge < -0.3 is 4.74 Å². The molecule has 0 amide bonds. The van der Waals surface area contributed by atoms with Crippen LogP contribution in [0.3, 0.4) is 0 Å². The molecule has 1 spiro atoms. The molecule has 3 N–H and O–H groups in total. The minimum absolute atomic E-state index is 0.186. The van der Waals surface area contributed by atoms with Gasteiger partial charge in [0.2, 0.25) is 0 Å². The first-order chi connectivity index (χ1) is 10.2. The molecule has 0 radical (unpaired) electrons. The summed E-state index contributed by atoms with van der Waals surface area (Å²) in [5.41, 5.74) is 3.39. The molecule has 0 aromatic heterocycles. The summed E-state index contributed by atoms with van der Waals surface area (Å²) in [5.74, 6) is 9.24. The van der Waals surface area contributed by atoms with Crippen LogP contribution in [0.5, 0.6) is 0 Å². The lowest BCUT2D eigenvalue weighted by Crippen LogP contribution is -2.55. The Labute approximate surface area is 137 Å². The summed E-state index contributed by atoms with van der Waals surface area (Å²) in [6.07, 6.45) is 9.00. The molecule has 2 heterocycles. The molecule has 0 bridgehead atoms. The van der Waals surface area contributed by atoms with E-state index in [9.17, 15) is 0 Å². The van der Waals surface area contributed by atoms with E-state index in [2.05, 4.69) is 35.9 Å². The molecule has 4 atom stereocenters. The van der Waals surface area contributed by atoms with Gasteiger partial charge in [0.15, 0.2) is 0 Å². The van der Waals surface area contributed by atoms with Crippen LogP contribution in [0.1, 0.15) is 51.9 Å². The second kappa shape index (κ2) is 7.43. The van der Waals surface area contributed by atoms with Gasteiger partial charge in [-0.25, -0.2) is 0 Å². The van der Waals surface area contributed by atoms with Gasteiger partial charge in [-0.1, -0.05) is 26.2 Å². The van der Waals surface area contributed by atoms with Crippen molar-refractivity contribution in [3.8, 4) is 0 Å². The van der Waals surface area contributed by atoms with Gasteiger partial charge in [0.1, 0.15) is 0 Å². The van der Waals surface area contributed by atoms with E-state index >= 15 is 0 Å². The molecule has 0 aromatic rings. The van der Waals surface area contributed by atoms with Crippen LogP contribution in [-0.2, 0) is 4.74 Å². The number of hydrogen-bond acceptors (Lipinski definition) is 5. The van der Waals surface area contributed by atoms with Gasteiger partial charge in [-0.05, 0) is 31.6 Å². The SMILES string of the molecule is CC1SCCSC1C(NN)C1CCOC2(CCCCC2)C1. The summed E-state index contributed by atoms with van der Waals surface area (Å²) in [5, 5.41) is 1.35. The maximum Gasteiger partial charge on any atom is 0.0685 e. The van der Waals surface area contributed by atoms with E-state index in [0.29, 0.717) is 22.5 Å². The Morgan fingerprint density at radius 3 is 2.67 bits per heavy atom. The number of nitrogens with two attached hydrogens (primary N) is 1. The van der Waals surface area contributed by atoms with Crippen LogP contribution in [-0.4, -0.2) is 40.3 Å². The molecule has 3 nitrogen and oxygen atoms in total. The summed E-state index contributed by atoms with van der Waals surface area (Å²) in [7, 11) is 0. The lowest BCUT2D eigenvalue weighted by Gasteiger charge is -2.47. The highest BCUT2D eigenvalue weighted by Crippen LogP contribution is 2.44. The number of ether oxygens (including phenoxy) is 1. The fourth-order valence-corrected chi connectivity index (χ4v) is 7.48. The minimum Gasteiger partial charge on any atom is -0.375 e. The molecule has 0 aromatic carbocycles. The van der Waals surface area contributed by atoms with E-state index in [4.69, 9.17) is 10.6 Å². The van der Waals surface area contributed by atoms with Crippen molar-refractivity contribution in [1.82, 2.24) is 5.43 Å². The summed E-state index contributed by atoms with van der Waals surface area (Å²) < 4.78 is 6.26. The molecule has 21 heavy (non-hydrogen) atoms. The zero-order valence-corrected chi connectivity index (χ0v) is 14.8. The quantitative estimate of drug-likeness (QED) is 0.615. The average molecular weight is 331 g/mol. The number of nitrogens with one attached hydrogen (secondary N) is 1. The molecule has 2 saturated heterocycles. The van der Waals surface area contributed by atoms with E-state index < -0.39 is 0 Å². The highest BCUT2D eigenvalue weighted by Gasteiger charge is 2.43. The van der Waals surface area contributed by atoms with Crippen LogP contribution in [0.25, 0.3) is 0 Å². The van der Waals surface area contributed by atoms with Crippen molar-refractivity contribution in [2.45, 2.75) is 74.0 Å². The van der Waals surface area contributed by atoms with Gasteiger partial charge in [0.25, 0.3) is 0 Å². The van der Waals surface area contributed by atoms with Gasteiger partial charge in [-0.3, -0.25) is 11.3 Å². The Balaban J connectivity index is 1.68. The average Bonchev–Trinajstić information content (AvgIpc) is 2.51. The van der Waals surface area contributed by atoms with Crippen molar-refractivity contribution in [2.24, 2.45) is 11.8 Å². The van der Waals surface area contributed by atoms with Crippen LogP contribution in [0.2, 0.25) is 0 Å². The number of rotatable bonds is 3.